The minimum absolute atomic E-state index is 0.0120. The van der Waals surface area contributed by atoms with Crippen LogP contribution >= 0.6 is 0 Å². The summed E-state index contributed by atoms with van der Waals surface area (Å²) < 4.78 is 0. The van der Waals surface area contributed by atoms with E-state index in [1.165, 1.54) is 147 Å². The second kappa shape index (κ2) is 16.5. The van der Waals surface area contributed by atoms with Gasteiger partial charge in [-0.1, -0.05) is 182 Å². The van der Waals surface area contributed by atoms with E-state index in [1.807, 2.05) is 0 Å². The molecule has 3 aliphatic carbocycles. The summed E-state index contributed by atoms with van der Waals surface area (Å²) in [5.41, 5.74) is 33.4. The molecule has 0 radical (unpaired) electrons. The Hall–Kier alpha value is -6.78. The van der Waals surface area contributed by atoms with Crippen LogP contribution in [0.2, 0.25) is 0 Å². The van der Waals surface area contributed by atoms with E-state index < -0.39 is 5.41 Å². The molecule has 0 fully saturated rings. The summed E-state index contributed by atoms with van der Waals surface area (Å²) in [5.74, 6) is 0. The van der Waals surface area contributed by atoms with E-state index >= 15 is 0 Å². The van der Waals surface area contributed by atoms with Crippen LogP contribution in [0.4, 0.5) is 51.2 Å². The molecule has 0 N–H and O–H groups in total. The standard InChI is InChI=1S/C76H82BN3/c1-45-24-18-22-28-59(45)78(60-29-23-19-25-46(60)2)48-31-34-57-62(41-48)80-61-35-33-52(70(3,4)5)65-49-26-20-21-27-50(49)76(17,67(61)65)66-56(71(6,7)8)44-64-68(69(66)80)77(57)58-42-54-55(75(15,16)39-38-74(54,13)14)43-63(58)79(64)47-30-32-51-53(40-47)73(11,12)37-36-72(51,9)10/h18-35,40-44H,36-39H2,1-17H3. The highest BCUT2D eigenvalue weighted by atomic mass is 15.2. The molecule has 1 atom stereocenters. The van der Waals surface area contributed by atoms with Gasteiger partial charge in [-0.15, -0.1) is 0 Å². The number of rotatable bonds is 4. The van der Waals surface area contributed by atoms with Gasteiger partial charge in [-0.2, -0.15) is 0 Å². The Morgan fingerprint density at radius 1 is 0.438 bits per heavy atom. The van der Waals surface area contributed by atoms with Gasteiger partial charge >= 0.3 is 0 Å². The Morgan fingerprint density at radius 3 is 1.60 bits per heavy atom. The van der Waals surface area contributed by atoms with E-state index in [9.17, 15) is 0 Å². The minimum atomic E-state index is -0.450. The number of nitrogens with zero attached hydrogens (tertiary/aromatic N) is 3. The van der Waals surface area contributed by atoms with Gasteiger partial charge in [0.1, 0.15) is 0 Å². The van der Waals surface area contributed by atoms with Crippen molar-refractivity contribution in [2.24, 2.45) is 0 Å². The first-order valence-corrected chi connectivity index (χ1v) is 30.1. The van der Waals surface area contributed by atoms with Gasteiger partial charge in [0.2, 0.25) is 0 Å². The third-order valence-electron chi connectivity index (χ3n) is 21.0. The Balaban J connectivity index is 1.17. The minimum Gasteiger partial charge on any atom is -0.311 e. The van der Waals surface area contributed by atoms with E-state index in [1.54, 1.807) is 0 Å². The first-order valence-electron chi connectivity index (χ1n) is 30.1. The second-order valence-corrected chi connectivity index (χ2v) is 30.1. The van der Waals surface area contributed by atoms with E-state index in [2.05, 4.69) is 272 Å². The Labute approximate surface area is 479 Å². The molecule has 0 bridgehead atoms. The molecule has 1 unspecified atom stereocenters. The monoisotopic (exact) mass is 1050 g/mol. The molecule has 6 aliphatic rings. The quantitative estimate of drug-likeness (QED) is 0.163. The zero-order valence-electron chi connectivity index (χ0n) is 51.0. The molecule has 404 valence electrons. The van der Waals surface area contributed by atoms with Crippen LogP contribution in [0.3, 0.4) is 0 Å². The predicted molar refractivity (Wildman–Crippen MR) is 344 cm³/mol. The summed E-state index contributed by atoms with van der Waals surface area (Å²) in [6, 6.07) is 55.8. The summed E-state index contributed by atoms with van der Waals surface area (Å²) in [6.45, 7) is 41.7. The fourth-order valence-corrected chi connectivity index (χ4v) is 16.4. The maximum Gasteiger partial charge on any atom is 0.252 e. The molecule has 0 aromatic heterocycles. The molecule has 8 aromatic rings. The van der Waals surface area contributed by atoms with Crippen molar-refractivity contribution in [1.82, 2.24) is 0 Å². The third-order valence-corrected chi connectivity index (χ3v) is 21.0. The predicted octanol–water partition coefficient (Wildman–Crippen LogP) is 18.8. The lowest BCUT2D eigenvalue weighted by molar-refractivity contribution is 0.332. The van der Waals surface area contributed by atoms with Gasteiger partial charge in [0, 0.05) is 50.9 Å². The molecule has 0 amide bonds. The van der Waals surface area contributed by atoms with Crippen molar-refractivity contribution in [3.63, 3.8) is 0 Å². The number of benzene rings is 8. The van der Waals surface area contributed by atoms with Gasteiger partial charge in [-0.25, -0.2) is 0 Å². The molecular formula is C76H82BN3. The summed E-state index contributed by atoms with van der Waals surface area (Å²) in [6.07, 6.45) is 4.67. The van der Waals surface area contributed by atoms with Crippen LogP contribution in [0.5, 0.6) is 0 Å². The first kappa shape index (κ1) is 51.4. The number of hydrogen-bond donors (Lipinski definition) is 0. The fraction of sp³-hybridized carbons (Fsp3) is 0.368. The smallest absolute Gasteiger partial charge is 0.252 e. The molecular weight excluding hydrogens is 966 g/mol. The molecule has 3 aliphatic heterocycles. The summed E-state index contributed by atoms with van der Waals surface area (Å²) in [5, 5.41) is 0. The zero-order chi connectivity index (χ0) is 56.3. The van der Waals surface area contributed by atoms with Crippen molar-refractivity contribution in [3.8, 4) is 11.1 Å². The van der Waals surface area contributed by atoms with Crippen LogP contribution in [0, 0.1) is 13.8 Å². The van der Waals surface area contributed by atoms with Gasteiger partial charge in [-0.05, 0) is 222 Å². The van der Waals surface area contributed by atoms with Crippen molar-refractivity contribution in [2.45, 2.75) is 181 Å². The van der Waals surface area contributed by atoms with Crippen LogP contribution in [0.1, 0.15) is 191 Å². The molecule has 8 aromatic carbocycles. The normalized spacial score (nSPS) is 19.7. The highest BCUT2D eigenvalue weighted by Gasteiger charge is 2.57. The zero-order valence-corrected chi connectivity index (χ0v) is 51.0. The number of fused-ring (bicyclic) bond motifs is 12. The van der Waals surface area contributed by atoms with E-state index in [4.69, 9.17) is 0 Å². The molecule has 3 nitrogen and oxygen atoms in total. The van der Waals surface area contributed by atoms with Crippen LogP contribution in [0.15, 0.2) is 140 Å². The van der Waals surface area contributed by atoms with Crippen LogP contribution in [-0.4, -0.2) is 6.71 Å². The Morgan fingerprint density at radius 2 is 0.988 bits per heavy atom. The first-order chi connectivity index (χ1) is 37.6. The number of aryl methyl sites for hydroxylation is 2. The number of anilines is 9. The molecule has 0 spiro atoms. The van der Waals surface area contributed by atoms with E-state index in [0.717, 1.165) is 18.5 Å². The Kier molecular flexibility index (Phi) is 10.6. The van der Waals surface area contributed by atoms with Gasteiger partial charge in [0.15, 0.2) is 0 Å². The second-order valence-electron chi connectivity index (χ2n) is 30.1. The maximum atomic E-state index is 2.80. The Bertz CT molecular complexity index is 3950. The highest BCUT2D eigenvalue weighted by molar-refractivity contribution is 7.00. The number of hydrogen-bond acceptors (Lipinski definition) is 3. The molecule has 14 rings (SSSR count). The van der Waals surface area contributed by atoms with Gasteiger partial charge in [0.25, 0.3) is 6.71 Å². The van der Waals surface area contributed by atoms with Crippen LogP contribution < -0.4 is 31.1 Å². The van der Waals surface area contributed by atoms with Crippen LogP contribution in [0.25, 0.3) is 11.1 Å². The SMILES string of the molecule is Cc1ccccc1N(c1ccc2c(c1)N1c3ccc(C(C)(C)C)c4c3C(C)(c3ccccc3-4)c3c(C(C)(C)C)cc4c(c31)B2c1cc2c(cc1N4c1ccc3c(c1)C(C)(C)CCC3(C)C)C(C)(C)CCC2(C)C)c1ccccc1C. The summed E-state index contributed by atoms with van der Waals surface area (Å²) in [4.78, 5) is 8.11. The van der Waals surface area contributed by atoms with Crippen molar-refractivity contribution >= 4 is 74.3 Å². The molecule has 3 heterocycles. The average Bonchev–Trinajstić information content (AvgIpc) is 1.38. The largest absolute Gasteiger partial charge is 0.311 e. The molecule has 0 saturated carbocycles. The van der Waals surface area contributed by atoms with Crippen molar-refractivity contribution < 1.29 is 0 Å². The van der Waals surface area contributed by atoms with Crippen LogP contribution in [-0.2, 0) is 37.9 Å². The molecule has 80 heavy (non-hydrogen) atoms. The molecule has 4 heteroatoms. The maximum absolute atomic E-state index is 2.80. The summed E-state index contributed by atoms with van der Waals surface area (Å²) >= 11 is 0. The van der Waals surface area contributed by atoms with Gasteiger partial charge < -0.3 is 14.7 Å². The lowest BCUT2D eigenvalue weighted by Gasteiger charge is -2.53. The molecule has 0 saturated heterocycles. The van der Waals surface area contributed by atoms with Crippen molar-refractivity contribution in [3.05, 3.63) is 201 Å². The highest BCUT2D eigenvalue weighted by Crippen LogP contribution is 2.67. The third kappa shape index (κ3) is 6.92. The number of para-hydroxylation sites is 2. The van der Waals surface area contributed by atoms with E-state index in [0.29, 0.717) is 0 Å². The summed E-state index contributed by atoms with van der Waals surface area (Å²) in [7, 11) is 0. The lowest BCUT2D eigenvalue weighted by Crippen LogP contribution is -2.63. The topological polar surface area (TPSA) is 9.72 Å². The van der Waals surface area contributed by atoms with Gasteiger partial charge in [-0.3, -0.25) is 0 Å². The average molecular weight is 1050 g/mol. The fourth-order valence-electron chi connectivity index (χ4n) is 16.4. The van der Waals surface area contributed by atoms with Crippen molar-refractivity contribution in [2.75, 3.05) is 14.7 Å². The van der Waals surface area contributed by atoms with Crippen molar-refractivity contribution in [1.29, 1.82) is 0 Å². The lowest BCUT2D eigenvalue weighted by atomic mass is 9.32. The van der Waals surface area contributed by atoms with Gasteiger partial charge in [0.05, 0.1) is 5.69 Å². The van der Waals surface area contributed by atoms with E-state index in [-0.39, 0.29) is 39.2 Å².